The molecule has 0 saturated carbocycles. The molecule has 0 aromatic carbocycles. The quantitative estimate of drug-likeness (QED) is 0.375. The van der Waals surface area contributed by atoms with Crippen LogP contribution in [0.25, 0.3) is 16.6 Å². The highest BCUT2D eigenvalue weighted by atomic mass is 32.2. The van der Waals surface area contributed by atoms with Crippen LogP contribution >= 0.6 is 23.1 Å². The van der Waals surface area contributed by atoms with Crippen molar-refractivity contribution < 1.29 is 9.53 Å². The van der Waals surface area contributed by atoms with E-state index in [1.807, 2.05) is 24.5 Å². The Morgan fingerprint density at radius 2 is 2.26 bits per heavy atom. The van der Waals surface area contributed by atoms with Crippen LogP contribution in [0.4, 0.5) is 0 Å². The molecule has 2 rings (SSSR count). The molecule has 6 heteroatoms. The lowest BCUT2D eigenvalue weighted by Crippen LogP contribution is -1.92. The van der Waals surface area contributed by atoms with Gasteiger partial charge in [0.25, 0.3) is 0 Å². The minimum absolute atomic E-state index is 0.360. The molecule has 0 aliphatic carbocycles. The number of carbonyl (C=O) groups excluding carboxylic acids is 1. The predicted octanol–water partition coefficient (Wildman–Crippen LogP) is 3.11. The summed E-state index contributed by atoms with van der Waals surface area (Å²) in [6.07, 6.45) is 6.83. The number of aromatic nitrogens is 2. The van der Waals surface area contributed by atoms with Gasteiger partial charge in [-0.25, -0.2) is 14.8 Å². The smallest absolute Gasteiger partial charge is 0.330 e. The average Bonchev–Trinajstić information content (AvgIpc) is 2.93. The van der Waals surface area contributed by atoms with Crippen LogP contribution in [0.1, 0.15) is 4.88 Å². The van der Waals surface area contributed by atoms with Crippen LogP contribution in [0, 0.1) is 0 Å². The van der Waals surface area contributed by atoms with Crippen molar-refractivity contribution in [3.05, 3.63) is 35.3 Å². The number of hydrogen-bond donors (Lipinski definition) is 0. The fourth-order valence-corrected chi connectivity index (χ4v) is 2.61. The molecule has 0 saturated heterocycles. The molecule has 2 aromatic heterocycles. The van der Waals surface area contributed by atoms with Gasteiger partial charge in [-0.3, -0.25) is 0 Å². The predicted molar refractivity (Wildman–Crippen MR) is 78.2 cm³/mol. The van der Waals surface area contributed by atoms with Gasteiger partial charge >= 0.3 is 5.97 Å². The van der Waals surface area contributed by atoms with Gasteiger partial charge in [-0.05, 0) is 30.5 Å². The Kier molecular flexibility index (Phi) is 4.70. The van der Waals surface area contributed by atoms with E-state index < -0.39 is 0 Å². The zero-order valence-corrected chi connectivity index (χ0v) is 12.1. The molecule has 0 spiro atoms. The Morgan fingerprint density at radius 3 is 3.00 bits per heavy atom. The highest BCUT2D eigenvalue weighted by molar-refractivity contribution is 7.98. The molecule has 0 fully saturated rings. The zero-order chi connectivity index (χ0) is 13.7. The van der Waals surface area contributed by atoms with E-state index in [4.69, 9.17) is 0 Å². The Hall–Kier alpha value is -1.66. The number of nitrogens with zero attached hydrogens (tertiary/aromatic N) is 2. The molecule has 0 N–H and O–H groups in total. The van der Waals surface area contributed by atoms with Gasteiger partial charge in [0.15, 0.2) is 5.16 Å². The van der Waals surface area contributed by atoms with Crippen molar-refractivity contribution in [1.29, 1.82) is 0 Å². The standard InChI is InChI=1S/C13H12N2O2S2/c1-17-12(16)6-4-9-3-5-11(19-9)10-7-8-14-13(15-10)18-2/h3-8H,1-2H3/b6-4+. The molecular formula is C13H12N2O2S2. The molecule has 2 heterocycles. The van der Waals surface area contributed by atoms with E-state index >= 15 is 0 Å². The summed E-state index contributed by atoms with van der Waals surface area (Å²) in [7, 11) is 1.36. The third-order valence-corrected chi connectivity index (χ3v) is 3.91. The van der Waals surface area contributed by atoms with Crippen molar-refractivity contribution in [3.63, 3.8) is 0 Å². The van der Waals surface area contributed by atoms with Gasteiger partial charge in [0.1, 0.15) is 0 Å². The summed E-state index contributed by atoms with van der Waals surface area (Å²) in [6.45, 7) is 0. The number of carbonyl (C=O) groups is 1. The molecule has 0 amide bonds. The highest BCUT2D eigenvalue weighted by Crippen LogP contribution is 2.28. The van der Waals surface area contributed by atoms with Gasteiger partial charge in [-0.15, -0.1) is 11.3 Å². The molecule has 0 radical (unpaired) electrons. The van der Waals surface area contributed by atoms with E-state index in [1.54, 1.807) is 23.6 Å². The minimum atomic E-state index is -0.360. The monoisotopic (exact) mass is 292 g/mol. The summed E-state index contributed by atoms with van der Waals surface area (Å²) in [5.41, 5.74) is 0.891. The summed E-state index contributed by atoms with van der Waals surface area (Å²) in [5.74, 6) is -0.360. The third kappa shape index (κ3) is 3.65. The normalized spacial score (nSPS) is 10.8. The van der Waals surface area contributed by atoms with E-state index in [1.165, 1.54) is 24.9 Å². The highest BCUT2D eigenvalue weighted by Gasteiger charge is 2.04. The fraction of sp³-hybridized carbons (Fsp3) is 0.154. The first kappa shape index (κ1) is 13.8. The maximum atomic E-state index is 11.0. The number of ether oxygens (including phenoxy) is 1. The number of rotatable bonds is 4. The second-order valence-electron chi connectivity index (χ2n) is 3.49. The summed E-state index contributed by atoms with van der Waals surface area (Å²) in [6, 6.07) is 5.80. The first-order chi connectivity index (χ1) is 9.22. The van der Waals surface area contributed by atoms with Crippen molar-refractivity contribution in [2.24, 2.45) is 0 Å². The van der Waals surface area contributed by atoms with Crippen LogP contribution in [-0.4, -0.2) is 29.3 Å². The van der Waals surface area contributed by atoms with Crippen molar-refractivity contribution in [1.82, 2.24) is 9.97 Å². The van der Waals surface area contributed by atoms with Gasteiger partial charge in [-0.1, -0.05) is 11.8 Å². The number of methoxy groups -OCH3 is 1. The summed E-state index contributed by atoms with van der Waals surface area (Å²) >= 11 is 3.07. The Labute approximate surface area is 119 Å². The first-order valence-corrected chi connectivity index (χ1v) is 7.50. The van der Waals surface area contributed by atoms with E-state index in [-0.39, 0.29) is 5.97 Å². The fourth-order valence-electron chi connectivity index (χ4n) is 1.37. The van der Waals surface area contributed by atoms with E-state index in [0.717, 1.165) is 20.6 Å². The maximum Gasteiger partial charge on any atom is 0.330 e. The Balaban J connectivity index is 2.20. The van der Waals surface area contributed by atoms with E-state index in [9.17, 15) is 4.79 Å². The largest absolute Gasteiger partial charge is 0.466 e. The lowest BCUT2D eigenvalue weighted by Gasteiger charge is -1.98. The second-order valence-corrected chi connectivity index (χ2v) is 5.38. The van der Waals surface area contributed by atoms with Crippen LogP contribution in [0.3, 0.4) is 0 Å². The lowest BCUT2D eigenvalue weighted by atomic mass is 10.3. The molecule has 0 unspecified atom stereocenters. The zero-order valence-electron chi connectivity index (χ0n) is 10.5. The van der Waals surface area contributed by atoms with Crippen LogP contribution in [0.5, 0.6) is 0 Å². The number of esters is 1. The Bertz CT molecular complexity index is 608. The van der Waals surface area contributed by atoms with Crippen LogP contribution in [-0.2, 0) is 9.53 Å². The number of thiophene rings is 1. The van der Waals surface area contributed by atoms with Gasteiger partial charge in [-0.2, -0.15) is 0 Å². The third-order valence-electron chi connectivity index (χ3n) is 2.28. The van der Waals surface area contributed by atoms with Crippen LogP contribution in [0.2, 0.25) is 0 Å². The molecule has 0 aliphatic rings. The molecule has 0 atom stereocenters. The summed E-state index contributed by atoms with van der Waals surface area (Å²) in [4.78, 5) is 21.6. The second kappa shape index (κ2) is 6.49. The molecule has 0 aliphatic heterocycles. The van der Waals surface area contributed by atoms with Crippen molar-refractivity contribution in [2.75, 3.05) is 13.4 Å². The van der Waals surface area contributed by atoms with Crippen molar-refractivity contribution in [2.45, 2.75) is 5.16 Å². The molecule has 2 aromatic rings. The summed E-state index contributed by atoms with van der Waals surface area (Å²) < 4.78 is 4.55. The molecular weight excluding hydrogens is 280 g/mol. The van der Waals surface area contributed by atoms with Crippen LogP contribution in [0.15, 0.2) is 35.6 Å². The average molecular weight is 292 g/mol. The van der Waals surface area contributed by atoms with E-state index in [2.05, 4.69) is 14.7 Å². The SMILES string of the molecule is COC(=O)/C=C/c1ccc(-c2ccnc(SC)n2)s1. The van der Waals surface area contributed by atoms with Gasteiger partial charge in [0, 0.05) is 17.2 Å². The maximum absolute atomic E-state index is 11.0. The van der Waals surface area contributed by atoms with Gasteiger partial charge in [0.05, 0.1) is 17.7 Å². The van der Waals surface area contributed by atoms with Crippen LogP contribution < -0.4 is 0 Å². The van der Waals surface area contributed by atoms with Crippen molar-refractivity contribution in [3.8, 4) is 10.6 Å². The first-order valence-electron chi connectivity index (χ1n) is 5.46. The summed E-state index contributed by atoms with van der Waals surface area (Å²) in [5, 5.41) is 0.748. The molecule has 0 bridgehead atoms. The Morgan fingerprint density at radius 1 is 1.42 bits per heavy atom. The van der Waals surface area contributed by atoms with Crippen molar-refractivity contribution >= 4 is 35.1 Å². The molecule has 19 heavy (non-hydrogen) atoms. The molecule has 4 nitrogen and oxygen atoms in total. The lowest BCUT2D eigenvalue weighted by molar-refractivity contribution is -0.134. The van der Waals surface area contributed by atoms with Gasteiger partial charge in [0.2, 0.25) is 0 Å². The van der Waals surface area contributed by atoms with Gasteiger partial charge < -0.3 is 4.74 Å². The number of hydrogen-bond acceptors (Lipinski definition) is 6. The van der Waals surface area contributed by atoms with E-state index in [0.29, 0.717) is 0 Å². The molecule has 98 valence electrons. The topological polar surface area (TPSA) is 52.1 Å². The minimum Gasteiger partial charge on any atom is -0.466 e. The number of thioether (sulfide) groups is 1.